The lowest BCUT2D eigenvalue weighted by Gasteiger charge is -2.32. The van der Waals surface area contributed by atoms with Gasteiger partial charge in [-0.1, -0.05) is 30.3 Å². The zero-order chi connectivity index (χ0) is 22.2. The molecule has 0 saturated carbocycles. The van der Waals surface area contributed by atoms with Gasteiger partial charge in [-0.2, -0.15) is 13.2 Å². The minimum absolute atomic E-state index is 0.0320. The highest BCUT2D eigenvalue weighted by Gasteiger charge is 2.52. The molecule has 1 aliphatic heterocycles. The molecule has 0 aliphatic carbocycles. The first-order valence-electron chi connectivity index (χ1n) is 9.30. The number of amides is 1. The summed E-state index contributed by atoms with van der Waals surface area (Å²) >= 11 is 0. The van der Waals surface area contributed by atoms with Gasteiger partial charge >= 0.3 is 19.4 Å². The zero-order valence-electron chi connectivity index (χ0n) is 17.0. The molecular formula is C20H22BF3N2O4. The number of carbonyl (C=O) groups excluding carboxylic acids is 1. The Balaban J connectivity index is 1.80. The lowest BCUT2D eigenvalue weighted by Crippen LogP contribution is -2.41. The van der Waals surface area contributed by atoms with Crippen LogP contribution >= 0.6 is 0 Å². The van der Waals surface area contributed by atoms with E-state index in [1.807, 2.05) is 6.07 Å². The molecule has 1 aromatic heterocycles. The van der Waals surface area contributed by atoms with Crippen LogP contribution in [0.2, 0.25) is 0 Å². The topological polar surface area (TPSA) is 69.7 Å². The van der Waals surface area contributed by atoms with Crippen molar-refractivity contribution in [1.82, 2.24) is 4.98 Å². The average Bonchev–Trinajstić information content (AvgIpc) is 2.87. The Morgan fingerprint density at radius 2 is 1.70 bits per heavy atom. The van der Waals surface area contributed by atoms with Crippen LogP contribution in [-0.4, -0.2) is 29.4 Å². The van der Waals surface area contributed by atoms with Gasteiger partial charge in [0.1, 0.15) is 18.1 Å². The van der Waals surface area contributed by atoms with Crippen molar-refractivity contribution in [3.63, 3.8) is 0 Å². The number of nitrogens with one attached hydrogen (secondary N) is 1. The maximum atomic E-state index is 13.4. The first-order chi connectivity index (χ1) is 13.9. The van der Waals surface area contributed by atoms with E-state index in [4.69, 9.17) is 14.0 Å². The van der Waals surface area contributed by atoms with Crippen LogP contribution in [0.5, 0.6) is 0 Å². The van der Waals surface area contributed by atoms with Crippen LogP contribution in [0.1, 0.15) is 39.0 Å². The third kappa shape index (κ3) is 4.93. The molecule has 1 aliphatic rings. The number of aromatic nitrogens is 1. The second-order valence-electron chi connectivity index (χ2n) is 7.94. The maximum absolute atomic E-state index is 13.4. The Morgan fingerprint density at radius 3 is 2.27 bits per heavy atom. The molecule has 3 rings (SSSR count). The van der Waals surface area contributed by atoms with Crippen molar-refractivity contribution in [3.05, 3.63) is 53.7 Å². The van der Waals surface area contributed by atoms with Crippen molar-refractivity contribution in [2.45, 2.75) is 51.7 Å². The van der Waals surface area contributed by atoms with Crippen molar-refractivity contribution in [3.8, 4) is 0 Å². The number of carbonyl (C=O) groups is 1. The molecule has 0 bridgehead atoms. The average molecular weight is 422 g/mol. The summed E-state index contributed by atoms with van der Waals surface area (Å²) in [6.45, 7) is 7.13. The Kier molecular flexibility index (Phi) is 5.84. The van der Waals surface area contributed by atoms with E-state index in [2.05, 4.69) is 10.3 Å². The van der Waals surface area contributed by atoms with Crippen molar-refractivity contribution < 1.29 is 32.0 Å². The third-order valence-electron chi connectivity index (χ3n) is 5.11. The monoisotopic (exact) mass is 422 g/mol. The number of benzene rings is 1. The summed E-state index contributed by atoms with van der Waals surface area (Å²) in [6.07, 6.45) is -5.64. The van der Waals surface area contributed by atoms with E-state index < -0.39 is 36.3 Å². The van der Waals surface area contributed by atoms with E-state index in [0.717, 1.165) is 11.6 Å². The number of alkyl halides is 3. The highest BCUT2D eigenvalue weighted by atomic mass is 19.4. The summed E-state index contributed by atoms with van der Waals surface area (Å²) in [5.74, 6) is -0.312. The summed E-state index contributed by atoms with van der Waals surface area (Å²) in [6, 6.07) is 11.0. The molecule has 1 N–H and O–H groups in total. The van der Waals surface area contributed by atoms with Gasteiger partial charge in [-0.25, -0.2) is 9.78 Å². The highest BCUT2D eigenvalue weighted by Crippen LogP contribution is 2.37. The van der Waals surface area contributed by atoms with E-state index in [-0.39, 0.29) is 17.9 Å². The number of hydrogen-bond acceptors (Lipinski definition) is 5. The zero-order valence-corrected chi connectivity index (χ0v) is 17.0. The second-order valence-corrected chi connectivity index (χ2v) is 7.94. The number of hydrogen-bond donors (Lipinski definition) is 1. The SMILES string of the molecule is CC1(C)OB(c2cc(NC(=O)OCc3ccccc3)nc(C(F)(F)F)c2)OC1(C)C. The van der Waals surface area contributed by atoms with Gasteiger partial charge < -0.3 is 14.0 Å². The fraction of sp³-hybridized carbons (Fsp3) is 0.400. The fourth-order valence-corrected chi connectivity index (χ4v) is 2.74. The highest BCUT2D eigenvalue weighted by molar-refractivity contribution is 6.62. The summed E-state index contributed by atoms with van der Waals surface area (Å²) < 4.78 is 56.8. The number of rotatable bonds is 4. The van der Waals surface area contributed by atoms with E-state index in [1.54, 1.807) is 52.0 Å². The number of ether oxygens (including phenoxy) is 1. The summed E-state index contributed by atoms with van der Waals surface area (Å²) in [4.78, 5) is 15.6. The lowest BCUT2D eigenvalue weighted by atomic mass is 9.79. The first-order valence-corrected chi connectivity index (χ1v) is 9.30. The van der Waals surface area contributed by atoms with Crippen LogP contribution in [0.25, 0.3) is 0 Å². The van der Waals surface area contributed by atoms with Crippen LogP contribution in [0.4, 0.5) is 23.8 Å². The van der Waals surface area contributed by atoms with Crippen LogP contribution in [-0.2, 0) is 26.8 Å². The molecule has 160 valence electrons. The molecule has 0 spiro atoms. The Morgan fingerprint density at radius 1 is 1.10 bits per heavy atom. The van der Waals surface area contributed by atoms with Crippen LogP contribution < -0.4 is 10.8 Å². The van der Waals surface area contributed by atoms with Gasteiger partial charge in [0.25, 0.3) is 0 Å². The largest absolute Gasteiger partial charge is 0.495 e. The predicted molar refractivity (Wildman–Crippen MR) is 105 cm³/mol. The van der Waals surface area contributed by atoms with E-state index in [9.17, 15) is 18.0 Å². The van der Waals surface area contributed by atoms with Crippen molar-refractivity contribution in [2.75, 3.05) is 5.32 Å². The number of nitrogens with zero attached hydrogens (tertiary/aromatic N) is 1. The van der Waals surface area contributed by atoms with Gasteiger partial charge in [-0.3, -0.25) is 5.32 Å². The molecule has 0 radical (unpaired) electrons. The maximum Gasteiger partial charge on any atom is 0.495 e. The fourth-order valence-electron chi connectivity index (χ4n) is 2.74. The number of halogens is 3. The Hall–Kier alpha value is -2.59. The second kappa shape index (κ2) is 7.92. The number of anilines is 1. The van der Waals surface area contributed by atoms with Gasteiger partial charge in [0.2, 0.25) is 0 Å². The quantitative estimate of drug-likeness (QED) is 0.750. The molecule has 6 nitrogen and oxygen atoms in total. The minimum Gasteiger partial charge on any atom is -0.444 e. The standard InChI is InChI=1S/C20H22BF3N2O4/c1-18(2)19(3,4)30-21(29-18)14-10-15(20(22,23)24)25-16(11-14)26-17(27)28-12-13-8-6-5-7-9-13/h5-11H,12H2,1-4H3,(H,25,26,27). The molecular weight excluding hydrogens is 400 g/mol. The molecule has 1 amide bonds. The van der Waals surface area contributed by atoms with Gasteiger partial charge in [0.15, 0.2) is 0 Å². The van der Waals surface area contributed by atoms with Gasteiger partial charge in [-0.05, 0) is 50.9 Å². The molecule has 2 heterocycles. The number of pyridine rings is 1. The Labute approximate surface area is 172 Å². The van der Waals surface area contributed by atoms with Crippen molar-refractivity contribution >= 4 is 24.5 Å². The summed E-state index contributed by atoms with van der Waals surface area (Å²) in [5.41, 5.74) is -1.81. The summed E-state index contributed by atoms with van der Waals surface area (Å²) in [7, 11) is -1.04. The van der Waals surface area contributed by atoms with Gasteiger partial charge in [-0.15, -0.1) is 0 Å². The summed E-state index contributed by atoms with van der Waals surface area (Å²) in [5, 5.41) is 2.25. The Bertz CT molecular complexity index is 904. The molecule has 0 unspecified atom stereocenters. The normalized spacial score (nSPS) is 17.6. The van der Waals surface area contributed by atoms with Crippen LogP contribution in [0.3, 0.4) is 0 Å². The smallest absolute Gasteiger partial charge is 0.444 e. The van der Waals surface area contributed by atoms with E-state index in [0.29, 0.717) is 0 Å². The molecule has 10 heteroatoms. The van der Waals surface area contributed by atoms with Crippen LogP contribution in [0.15, 0.2) is 42.5 Å². The van der Waals surface area contributed by atoms with Crippen LogP contribution in [0, 0.1) is 0 Å². The van der Waals surface area contributed by atoms with Crippen molar-refractivity contribution in [2.24, 2.45) is 0 Å². The molecule has 2 aromatic rings. The lowest BCUT2D eigenvalue weighted by molar-refractivity contribution is -0.141. The minimum atomic E-state index is -4.72. The van der Waals surface area contributed by atoms with E-state index in [1.165, 1.54) is 6.07 Å². The molecule has 1 saturated heterocycles. The molecule has 1 aromatic carbocycles. The third-order valence-corrected chi connectivity index (χ3v) is 5.11. The molecule has 30 heavy (non-hydrogen) atoms. The molecule has 1 fully saturated rings. The first kappa shape index (κ1) is 22.1. The van der Waals surface area contributed by atoms with E-state index >= 15 is 0 Å². The molecule has 0 atom stereocenters. The van der Waals surface area contributed by atoms with Crippen molar-refractivity contribution in [1.29, 1.82) is 0 Å². The predicted octanol–water partition coefficient (Wildman–Crippen LogP) is 4.15. The van der Waals surface area contributed by atoms with Gasteiger partial charge in [0, 0.05) is 0 Å². The van der Waals surface area contributed by atoms with Gasteiger partial charge in [0.05, 0.1) is 11.2 Å².